The van der Waals surface area contributed by atoms with Gasteiger partial charge in [-0.3, -0.25) is 9.89 Å². The van der Waals surface area contributed by atoms with Crippen LogP contribution in [0.4, 0.5) is 0 Å². The molecule has 3 heterocycles. The van der Waals surface area contributed by atoms with Gasteiger partial charge in [-0.1, -0.05) is 12.1 Å². The molecule has 1 saturated heterocycles. The van der Waals surface area contributed by atoms with E-state index in [1.807, 2.05) is 29.2 Å². The lowest BCUT2D eigenvalue weighted by Crippen LogP contribution is -2.39. The van der Waals surface area contributed by atoms with Crippen molar-refractivity contribution in [3.63, 3.8) is 0 Å². The topological polar surface area (TPSA) is 97.5 Å². The van der Waals surface area contributed by atoms with Crippen molar-refractivity contribution in [1.82, 2.24) is 39.9 Å². The average molecular weight is 413 g/mol. The van der Waals surface area contributed by atoms with Crippen LogP contribution in [0.5, 0.6) is 0 Å². The van der Waals surface area contributed by atoms with Crippen molar-refractivity contribution in [3.05, 3.63) is 46.8 Å². The van der Waals surface area contributed by atoms with Gasteiger partial charge in [0, 0.05) is 25.0 Å². The van der Waals surface area contributed by atoms with Crippen LogP contribution < -0.4 is 0 Å². The maximum Gasteiger partial charge on any atom is 0.226 e. The minimum absolute atomic E-state index is 0.154. The second-order valence-corrected chi connectivity index (χ2v) is 7.99. The van der Waals surface area contributed by atoms with E-state index in [4.69, 9.17) is 12.2 Å². The summed E-state index contributed by atoms with van der Waals surface area (Å²) in [6.45, 7) is 5.70. The molecule has 9 nitrogen and oxygen atoms in total. The molecule has 29 heavy (non-hydrogen) atoms. The highest BCUT2D eigenvalue weighted by atomic mass is 32.1. The first kappa shape index (κ1) is 19.4. The van der Waals surface area contributed by atoms with Crippen molar-refractivity contribution < 1.29 is 4.79 Å². The number of piperidine rings is 1. The number of nitrogens with zero attached hydrogens (tertiary/aromatic N) is 7. The van der Waals surface area contributed by atoms with Crippen molar-refractivity contribution >= 4 is 18.1 Å². The van der Waals surface area contributed by atoms with E-state index >= 15 is 0 Å². The number of carbonyl (C=O) groups excluding carboxylic acids is 1. The zero-order chi connectivity index (χ0) is 20.4. The van der Waals surface area contributed by atoms with E-state index < -0.39 is 0 Å². The Morgan fingerprint density at radius 2 is 1.97 bits per heavy atom. The third-order valence-electron chi connectivity index (χ3n) is 5.37. The fourth-order valence-corrected chi connectivity index (χ4v) is 4.17. The molecule has 3 aromatic rings. The van der Waals surface area contributed by atoms with Gasteiger partial charge < -0.3 is 9.47 Å². The molecule has 2 aromatic heterocycles. The van der Waals surface area contributed by atoms with Crippen LogP contribution >= 0.6 is 12.2 Å². The molecule has 0 atom stereocenters. The first-order valence-corrected chi connectivity index (χ1v) is 10.2. The molecule has 0 unspecified atom stereocenters. The Morgan fingerprint density at radius 3 is 2.59 bits per heavy atom. The summed E-state index contributed by atoms with van der Waals surface area (Å²) >= 11 is 5.36. The third-order valence-corrected chi connectivity index (χ3v) is 5.65. The minimum Gasteiger partial charge on any atom is -0.342 e. The average Bonchev–Trinajstić information content (AvgIpc) is 3.38. The normalized spacial score (nSPS) is 15.2. The highest BCUT2D eigenvalue weighted by Gasteiger charge is 2.27. The predicted octanol–water partition coefficient (Wildman–Crippen LogP) is 2.45. The third kappa shape index (κ3) is 4.12. The Bertz CT molecular complexity index is 1010. The first-order chi connectivity index (χ1) is 14.0. The number of benzene rings is 1. The van der Waals surface area contributed by atoms with Gasteiger partial charge in [0.2, 0.25) is 5.91 Å². The number of nitrogens with one attached hydrogen (secondary N) is 1. The molecule has 1 N–H and O–H groups in total. The highest BCUT2D eigenvalue weighted by molar-refractivity contribution is 7.71. The summed E-state index contributed by atoms with van der Waals surface area (Å²) in [5, 5.41) is 18.5. The number of hydrogen-bond acceptors (Lipinski definition) is 6. The molecular formula is C19H24N8OS. The van der Waals surface area contributed by atoms with E-state index in [2.05, 4.69) is 44.1 Å². The van der Waals surface area contributed by atoms with Crippen molar-refractivity contribution in [2.45, 2.75) is 45.1 Å². The molecule has 4 rings (SSSR count). The van der Waals surface area contributed by atoms with Gasteiger partial charge >= 0.3 is 0 Å². The fraction of sp³-hybridized carbons (Fsp3) is 0.474. The highest BCUT2D eigenvalue weighted by Crippen LogP contribution is 2.28. The summed E-state index contributed by atoms with van der Waals surface area (Å²) in [5.74, 6) is 1.49. The van der Waals surface area contributed by atoms with E-state index in [0.717, 1.165) is 43.0 Å². The Hall–Kier alpha value is -2.88. The summed E-state index contributed by atoms with van der Waals surface area (Å²) in [6.07, 6.45) is 3.74. The van der Waals surface area contributed by atoms with Crippen molar-refractivity contribution in [2.24, 2.45) is 0 Å². The van der Waals surface area contributed by atoms with Gasteiger partial charge in [0.25, 0.3) is 0 Å². The van der Waals surface area contributed by atoms with Gasteiger partial charge in [0.05, 0.1) is 12.1 Å². The number of hydrogen-bond donors (Lipinski definition) is 1. The number of likely N-dealkylation sites (tertiary alicyclic amines) is 1. The molecule has 0 aliphatic carbocycles. The van der Waals surface area contributed by atoms with Gasteiger partial charge in [-0.25, -0.2) is 4.68 Å². The van der Waals surface area contributed by atoms with E-state index in [-0.39, 0.29) is 11.9 Å². The molecule has 1 aliphatic rings. The summed E-state index contributed by atoms with van der Waals surface area (Å²) in [6, 6.07) is 8.00. The summed E-state index contributed by atoms with van der Waals surface area (Å²) in [4.78, 5) is 14.7. The number of amides is 1. The molecule has 0 saturated carbocycles. The standard InChI is InChI=1S/C19H24N8OS/c1-13(2)27-18(21-22-19(27)29)15-7-9-25(10-8-15)17(28)11-14-3-5-16(6-4-14)26-12-20-23-24-26/h3-6,12-13,15H,7-11H2,1-2H3,(H,22,29). The van der Waals surface area contributed by atoms with Crippen molar-refractivity contribution in [1.29, 1.82) is 0 Å². The SMILES string of the molecule is CC(C)n1c(C2CCN(C(=O)Cc3ccc(-n4cnnn4)cc3)CC2)n[nH]c1=S. The molecule has 0 spiro atoms. The van der Waals surface area contributed by atoms with Gasteiger partial charge in [0.1, 0.15) is 12.2 Å². The maximum atomic E-state index is 12.7. The van der Waals surface area contributed by atoms with Crippen LogP contribution in [0, 0.1) is 4.77 Å². The van der Waals surface area contributed by atoms with Crippen molar-refractivity contribution in [3.8, 4) is 5.69 Å². The summed E-state index contributed by atoms with van der Waals surface area (Å²) in [7, 11) is 0. The summed E-state index contributed by atoms with van der Waals surface area (Å²) < 4.78 is 4.34. The monoisotopic (exact) mass is 412 g/mol. The second kappa shape index (κ2) is 8.24. The number of aromatic amines is 1. The smallest absolute Gasteiger partial charge is 0.226 e. The number of carbonyl (C=O) groups is 1. The Balaban J connectivity index is 1.35. The number of aromatic nitrogens is 7. The van der Waals surface area contributed by atoms with Crippen LogP contribution in [-0.2, 0) is 11.2 Å². The maximum absolute atomic E-state index is 12.7. The number of rotatable bonds is 5. The van der Waals surface area contributed by atoms with Gasteiger partial charge in [-0.2, -0.15) is 5.10 Å². The van der Waals surface area contributed by atoms with Crippen LogP contribution in [0.3, 0.4) is 0 Å². The van der Waals surface area contributed by atoms with Crippen molar-refractivity contribution in [2.75, 3.05) is 13.1 Å². The van der Waals surface area contributed by atoms with E-state index in [1.165, 1.54) is 0 Å². The van der Waals surface area contributed by atoms with E-state index in [1.54, 1.807) is 11.0 Å². The van der Waals surface area contributed by atoms with Gasteiger partial charge in [-0.15, -0.1) is 5.10 Å². The fourth-order valence-electron chi connectivity index (χ4n) is 3.82. The molecule has 1 aliphatic heterocycles. The van der Waals surface area contributed by atoms with Gasteiger partial charge in [0.15, 0.2) is 4.77 Å². The molecule has 1 amide bonds. The molecule has 152 valence electrons. The molecule has 0 bridgehead atoms. The predicted molar refractivity (Wildman–Crippen MR) is 109 cm³/mol. The molecular weight excluding hydrogens is 388 g/mol. The molecule has 1 fully saturated rings. The molecule has 0 radical (unpaired) electrons. The van der Waals surface area contributed by atoms with Crippen LogP contribution in [-0.4, -0.2) is 58.9 Å². The van der Waals surface area contributed by atoms with Crippen LogP contribution in [0.15, 0.2) is 30.6 Å². The quantitative estimate of drug-likeness (QED) is 0.647. The second-order valence-electron chi connectivity index (χ2n) is 7.60. The lowest BCUT2D eigenvalue weighted by atomic mass is 9.95. The summed E-state index contributed by atoms with van der Waals surface area (Å²) in [5.41, 5.74) is 1.85. The molecule has 1 aromatic carbocycles. The lowest BCUT2D eigenvalue weighted by molar-refractivity contribution is -0.131. The zero-order valence-electron chi connectivity index (χ0n) is 16.5. The molecule has 10 heteroatoms. The lowest BCUT2D eigenvalue weighted by Gasteiger charge is -2.32. The Kier molecular flexibility index (Phi) is 5.52. The Morgan fingerprint density at radius 1 is 1.24 bits per heavy atom. The Labute approximate surface area is 173 Å². The zero-order valence-corrected chi connectivity index (χ0v) is 17.3. The van der Waals surface area contributed by atoms with Crippen LogP contribution in [0.2, 0.25) is 0 Å². The largest absolute Gasteiger partial charge is 0.342 e. The first-order valence-electron chi connectivity index (χ1n) is 9.80. The van der Waals surface area contributed by atoms with Crippen LogP contribution in [0.25, 0.3) is 5.69 Å². The van der Waals surface area contributed by atoms with Crippen LogP contribution in [0.1, 0.15) is 50.0 Å². The minimum atomic E-state index is 0.154. The number of H-pyrrole nitrogens is 1. The van der Waals surface area contributed by atoms with E-state index in [0.29, 0.717) is 17.1 Å². The van der Waals surface area contributed by atoms with Gasteiger partial charge in [-0.05, 0) is 67.0 Å². The number of tetrazole rings is 1. The van der Waals surface area contributed by atoms with E-state index in [9.17, 15) is 4.79 Å².